The summed E-state index contributed by atoms with van der Waals surface area (Å²) in [5.74, 6) is 0.418. The average molecular weight is 264 g/mol. The Hall–Kier alpha value is -0.310. The Bertz CT molecular complexity index is 331. The van der Waals surface area contributed by atoms with Crippen LogP contribution in [0, 0.1) is 5.82 Å². The summed E-state index contributed by atoms with van der Waals surface area (Å²) < 4.78 is 13.0. The number of hydrogen-bond donors (Lipinski definition) is 1. The van der Waals surface area contributed by atoms with Gasteiger partial charge in [0.25, 0.3) is 0 Å². The van der Waals surface area contributed by atoms with Crippen molar-refractivity contribution >= 4 is 23.2 Å². The molecule has 1 atom stereocenters. The van der Waals surface area contributed by atoms with Gasteiger partial charge < -0.3 is 5.32 Å². The van der Waals surface area contributed by atoms with Crippen molar-refractivity contribution in [2.24, 2.45) is 0 Å². The van der Waals surface area contributed by atoms with Crippen molar-refractivity contribution < 1.29 is 4.39 Å². The van der Waals surface area contributed by atoms with Crippen LogP contribution in [0.25, 0.3) is 0 Å². The van der Waals surface area contributed by atoms with E-state index in [4.69, 9.17) is 23.2 Å². The molecule has 0 aliphatic rings. The van der Waals surface area contributed by atoms with Crippen molar-refractivity contribution in [1.29, 1.82) is 0 Å². The van der Waals surface area contributed by atoms with E-state index in [1.807, 2.05) is 0 Å². The van der Waals surface area contributed by atoms with Gasteiger partial charge in [-0.25, -0.2) is 4.39 Å². The van der Waals surface area contributed by atoms with Gasteiger partial charge in [-0.1, -0.05) is 11.6 Å². The molecule has 0 aliphatic carbocycles. The molecule has 0 saturated carbocycles. The molecule has 1 unspecified atom stereocenters. The molecule has 0 fully saturated rings. The Morgan fingerprint density at radius 2 is 2.19 bits per heavy atom. The van der Waals surface area contributed by atoms with E-state index >= 15 is 0 Å². The van der Waals surface area contributed by atoms with Gasteiger partial charge in [0.2, 0.25) is 0 Å². The number of nitrogens with one attached hydrogen (secondary N) is 1. The number of rotatable bonds is 6. The first-order chi connectivity index (χ1) is 7.63. The van der Waals surface area contributed by atoms with Gasteiger partial charge in [0.05, 0.1) is 0 Å². The first-order valence-electron chi connectivity index (χ1n) is 5.36. The lowest BCUT2D eigenvalue weighted by molar-refractivity contribution is 0.508. The summed E-state index contributed by atoms with van der Waals surface area (Å²) in [4.78, 5) is 0. The van der Waals surface area contributed by atoms with Crippen molar-refractivity contribution in [1.82, 2.24) is 5.32 Å². The van der Waals surface area contributed by atoms with Gasteiger partial charge in [-0.3, -0.25) is 0 Å². The third-order valence-electron chi connectivity index (χ3n) is 2.42. The lowest BCUT2D eigenvalue weighted by Crippen LogP contribution is -2.25. The molecular formula is C12H16Cl2FN. The minimum atomic E-state index is -0.255. The molecule has 1 aromatic carbocycles. The highest BCUT2D eigenvalue weighted by atomic mass is 35.5. The summed E-state index contributed by atoms with van der Waals surface area (Å²) in [6.45, 7) is 2.67. The van der Waals surface area contributed by atoms with Crippen molar-refractivity contribution in [3.8, 4) is 0 Å². The molecule has 1 N–H and O–H groups in total. The molecule has 0 saturated heterocycles. The number of hydrogen-bond acceptors (Lipinski definition) is 1. The molecule has 90 valence electrons. The maximum absolute atomic E-state index is 13.0. The topological polar surface area (TPSA) is 12.0 Å². The summed E-state index contributed by atoms with van der Waals surface area (Å²) in [6.07, 6.45) is 1.99. The summed E-state index contributed by atoms with van der Waals surface area (Å²) in [7, 11) is 0. The Kier molecular flexibility index (Phi) is 6.10. The smallest absolute Gasteiger partial charge is 0.123 e. The molecule has 4 heteroatoms. The van der Waals surface area contributed by atoms with E-state index in [1.54, 1.807) is 6.07 Å². The highest BCUT2D eigenvalue weighted by molar-refractivity contribution is 6.31. The second-order valence-corrected chi connectivity index (χ2v) is 4.63. The van der Waals surface area contributed by atoms with Crippen molar-refractivity contribution in [3.05, 3.63) is 34.6 Å². The van der Waals surface area contributed by atoms with E-state index < -0.39 is 0 Å². The molecule has 1 aromatic rings. The molecule has 0 aromatic heterocycles. The average Bonchev–Trinajstić information content (AvgIpc) is 2.27. The van der Waals surface area contributed by atoms with Crippen LogP contribution in [0.3, 0.4) is 0 Å². The van der Waals surface area contributed by atoms with E-state index in [0.29, 0.717) is 23.5 Å². The minimum absolute atomic E-state index is 0.255. The zero-order valence-electron chi connectivity index (χ0n) is 9.27. The number of benzene rings is 1. The number of halogens is 3. The maximum atomic E-state index is 13.0. The van der Waals surface area contributed by atoms with Crippen LogP contribution in [0.15, 0.2) is 18.2 Å². The largest absolute Gasteiger partial charge is 0.310 e. The first-order valence-corrected chi connectivity index (χ1v) is 6.28. The zero-order valence-corrected chi connectivity index (χ0v) is 10.8. The van der Waals surface area contributed by atoms with Crippen molar-refractivity contribution in [2.45, 2.75) is 32.4 Å². The maximum Gasteiger partial charge on any atom is 0.123 e. The Balaban J connectivity index is 2.44. The molecular weight excluding hydrogens is 248 g/mol. The Labute approximate surface area is 106 Å². The molecule has 16 heavy (non-hydrogen) atoms. The predicted molar refractivity (Wildman–Crippen MR) is 67.7 cm³/mol. The second kappa shape index (κ2) is 7.10. The van der Waals surface area contributed by atoms with Crippen LogP contribution in [0.4, 0.5) is 4.39 Å². The van der Waals surface area contributed by atoms with Crippen LogP contribution >= 0.6 is 23.2 Å². The summed E-state index contributed by atoms with van der Waals surface area (Å²) in [5.41, 5.74) is 0.791. The second-order valence-electron chi connectivity index (χ2n) is 3.85. The fraction of sp³-hybridized carbons (Fsp3) is 0.500. The molecule has 0 spiro atoms. The molecule has 0 bridgehead atoms. The molecule has 0 radical (unpaired) electrons. The fourth-order valence-electron chi connectivity index (χ4n) is 1.45. The quantitative estimate of drug-likeness (QED) is 0.766. The standard InChI is InChI=1S/C12H16Cl2FN/c1-9(3-2-6-13)16-8-10-7-11(15)4-5-12(10)14/h4-5,7,9,16H,2-3,6,8H2,1H3. The van der Waals surface area contributed by atoms with Gasteiger partial charge in [0.1, 0.15) is 5.82 Å². The zero-order chi connectivity index (χ0) is 12.0. The summed E-state index contributed by atoms with van der Waals surface area (Å²) >= 11 is 11.6. The summed E-state index contributed by atoms with van der Waals surface area (Å²) in [5, 5.41) is 3.89. The van der Waals surface area contributed by atoms with Crippen LogP contribution in [0.1, 0.15) is 25.3 Å². The molecule has 1 rings (SSSR count). The lowest BCUT2D eigenvalue weighted by Gasteiger charge is -2.13. The monoisotopic (exact) mass is 263 g/mol. The fourth-order valence-corrected chi connectivity index (χ4v) is 1.79. The third-order valence-corrected chi connectivity index (χ3v) is 3.06. The van der Waals surface area contributed by atoms with Crippen molar-refractivity contribution in [3.63, 3.8) is 0 Å². The summed E-state index contributed by atoms with van der Waals surface area (Å²) in [6, 6.07) is 4.77. The van der Waals surface area contributed by atoms with Gasteiger partial charge in [-0.15, -0.1) is 11.6 Å². The lowest BCUT2D eigenvalue weighted by atomic mass is 10.1. The highest BCUT2D eigenvalue weighted by Gasteiger charge is 2.05. The Morgan fingerprint density at radius 1 is 1.44 bits per heavy atom. The first kappa shape index (κ1) is 13.8. The van der Waals surface area contributed by atoms with Gasteiger partial charge in [-0.05, 0) is 43.5 Å². The van der Waals surface area contributed by atoms with Gasteiger partial charge in [-0.2, -0.15) is 0 Å². The molecule has 0 aliphatic heterocycles. The molecule has 0 heterocycles. The SMILES string of the molecule is CC(CCCCl)NCc1cc(F)ccc1Cl. The van der Waals surface area contributed by atoms with E-state index in [-0.39, 0.29) is 5.82 Å². The molecule has 1 nitrogen and oxygen atoms in total. The number of alkyl halides is 1. The van der Waals surface area contributed by atoms with E-state index in [1.165, 1.54) is 12.1 Å². The van der Waals surface area contributed by atoms with E-state index in [2.05, 4.69) is 12.2 Å². The van der Waals surface area contributed by atoms with Crippen LogP contribution in [-0.4, -0.2) is 11.9 Å². The van der Waals surface area contributed by atoms with E-state index in [9.17, 15) is 4.39 Å². The van der Waals surface area contributed by atoms with Crippen LogP contribution < -0.4 is 5.32 Å². The molecule has 0 amide bonds. The van der Waals surface area contributed by atoms with Crippen LogP contribution in [0.2, 0.25) is 5.02 Å². The minimum Gasteiger partial charge on any atom is -0.310 e. The van der Waals surface area contributed by atoms with Gasteiger partial charge in [0, 0.05) is 23.5 Å². The normalized spacial score (nSPS) is 12.8. The van der Waals surface area contributed by atoms with Gasteiger partial charge >= 0.3 is 0 Å². The van der Waals surface area contributed by atoms with Crippen molar-refractivity contribution in [2.75, 3.05) is 5.88 Å². The highest BCUT2D eigenvalue weighted by Crippen LogP contribution is 2.17. The predicted octanol–water partition coefficient (Wildman–Crippen LogP) is 3.98. The van der Waals surface area contributed by atoms with Crippen LogP contribution in [-0.2, 0) is 6.54 Å². The van der Waals surface area contributed by atoms with E-state index in [0.717, 1.165) is 18.4 Å². The van der Waals surface area contributed by atoms with Gasteiger partial charge in [0.15, 0.2) is 0 Å². The third kappa shape index (κ3) is 4.69. The van der Waals surface area contributed by atoms with Crippen LogP contribution in [0.5, 0.6) is 0 Å². The Morgan fingerprint density at radius 3 is 2.88 bits per heavy atom.